The number of amides is 2. The first kappa shape index (κ1) is 19.5. The van der Waals surface area contributed by atoms with Crippen molar-refractivity contribution in [2.24, 2.45) is 0 Å². The Hall–Kier alpha value is -2.86. The van der Waals surface area contributed by atoms with E-state index >= 15 is 0 Å². The zero-order valence-corrected chi connectivity index (χ0v) is 17.1. The molecule has 0 unspecified atom stereocenters. The van der Waals surface area contributed by atoms with E-state index in [9.17, 15) is 9.59 Å². The highest BCUT2D eigenvalue weighted by Crippen LogP contribution is 2.30. The number of carbonyl (C=O) groups is 2. The van der Waals surface area contributed by atoms with Crippen molar-refractivity contribution in [3.8, 4) is 0 Å². The van der Waals surface area contributed by atoms with E-state index in [-0.39, 0.29) is 24.4 Å². The Balaban J connectivity index is 1.51. The molecule has 6 nitrogen and oxygen atoms in total. The number of nitrogens with zero attached hydrogens (tertiary/aromatic N) is 3. The van der Waals surface area contributed by atoms with Gasteiger partial charge in [0.1, 0.15) is 6.54 Å². The normalized spacial score (nSPS) is 17.3. The lowest BCUT2D eigenvalue weighted by Crippen LogP contribution is -2.50. The first-order valence-corrected chi connectivity index (χ1v) is 10.3. The molecule has 2 aliphatic rings. The first-order valence-electron chi connectivity index (χ1n) is 10.3. The van der Waals surface area contributed by atoms with Crippen LogP contribution in [0.2, 0.25) is 0 Å². The van der Waals surface area contributed by atoms with Gasteiger partial charge in [-0.1, -0.05) is 30.3 Å². The number of carbonyl (C=O) groups excluding carboxylic acids is 2. The Labute approximate surface area is 172 Å². The summed E-state index contributed by atoms with van der Waals surface area (Å²) in [6.45, 7) is 4.83. The molecule has 0 saturated carbocycles. The van der Waals surface area contributed by atoms with Gasteiger partial charge in [0.15, 0.2) is 0 Å². The predicted octanol–water partition coefficient (Wildman–Crippen LogP) is 3.09. The molecule has 2 aromatic rings. The fourth-order valence-electron chi connectivity index (χ4n) is 4.16. The van der Waals surface area contributed by atoms with Gasteiger partial charge in [0.2, 0.25) is 11.8 Å². The van der Waals surface area contributed by atoms with Crippen LogP contribution in [-0.2, 0) is 16.1 Å². The number of hydrogen-bond acceptors (Lipinski definition) is 4. The average molecular weight is 393 g/mol. The Morgan fingerprint density at radius 2 is 1.72 bits per heavy atom. The molecule has 0 bridgehead atoms. The second-order valence-corrected chi connectivity index (χ2v) is 7.90. The molecule has 0 radical (unpaired) electrons. The molecule has 1 atom stereocenters. The van der Waals surface area contributed by atoms with Crippen LogP contribution in [0, 0.1) is 0 Å². The van der Waals surface area contributed by atoms with Gasteiger partial charge in [0.25, 0.3) is 0 Å². The zero-order chi connectivity index (χ0) is 20.4. The van der Waals surface area contributed by atoms with E-state index in [4.69, 9.17) is 0 Å². The number of likely N-dealkylation sites (N-methyl/N-ethyl adjacent to an activating group) is 1. The van der Waals surface area contributed by atoms with Gasteiger partial charge >= 0.3 is 0 Å². The number of hydrogen-bond donors (Lipinski definition) is 1. The molecule has 0 aliphatic carbocycles. The van der Waals surface area contributed by atoms with Crippen LogP contribution in [-0.4, -0.2) is 49.4 Å². The maximum absolute atomic E-state index is 13.3. The third-order valence-corrected chi connectivity index (χ3v) is 5.91. The molecule has 2 aliphatic heterocycles. The summed E-state index contributed by atoms with van der Waals surface area (Å²) in [4.78, 5) is 31.5. The standard InChI is InChI=1S/C23H28N4O2/c1-17(23(29)27-16-22(28)24-19-10-4-6-12-21(19)27)25(2)15-18-9-3-5-11-20(18)26-13-7-8-14-26/h3-6,9-12,17H,7-8,13-16H2,1-2H3,(H,24,28)/t17-/m1/s1. The monoisotopic (exact) mass is 392 g/mol. The second kappa shape index (κ2) is 8.25. The molecule has 0 aromatic heterocycles. The maximum Gasteiger partial charge on any atom is 0.244 e. The van der Waals surface area contributed by atoms with Crippen molar-refractivity contribution in [2.75, 3.05) is 41.8 Å². The van der Waals surface area contributed by atoms with E-state index in [0.717, 1.165) is 18.8 Å². The van der Waals surface area contributed by atoms with Crippen LogP contribution in [0.3, 0.4) is 0 Å². The van der Waals surface area contributed by atoms with Crippen molar-refractivity contribution in [2.45, 2.75) is 32.4 Å². The number of nitrogens with one attached hydrogen (secondary N) is 1. The van der Waals surface area contributed by atoms with Gasteiger partial charge in [0, 0.05) is 25.3 Å². The van der Waals surface area contributed by atoms with E-state index in [1.807, 2.05) is 38.2 Å². The highest BCUT2D eigenvalue weighted by Gasteiger charge is 2.31. The van der Waals surface area contributed by atoms with Crippen LogP contribution in [0.4, 0.5) is 17.1 Å². The van der Waals surface area contributed by atoms with Crippen molar-refractivity contribution in [3.05, 3.63) is 54.1 Å². The minimum absolute atomic E-state index is 0.0540. The summed E-state index contributed by atoms with van der Waals surface area (Å²) < 4.78 is 0. The lowest BCUT2D eigenvalue weighted by Gasteiger charge is -2.34. The van der Waals surface area contributed by atoms with Crippen LogP contribution in [0.1, 0.15) is 25.3 Å². The Morgan fingerprint density at radius 1 is 1.07 bits per heavy atom. The van der Waals surface area contributed by atoms with E-state index in [0.29, 0.717) is 12.2 Å². The molecule has 0 spiro atoms. The molecule has 2 aromatic carbocycles. The lowest BCUT2D eigenvalue weighted by molar-refractivity contribution is -0.125. The minimum atomic E-state index is -0.347. The predicted molar refractivity (Wildman–Crippen MR) is 116 cm³/mol. The van der Waals surface area contributed by atoms with Crippen LogP contribution < -0.4 is 15.1 Å². The minimum Gasteiger partial charge on any atom is -0.371 e. The van der Waals surface area contributed by atoms with E-state index in [1.165, 1.54) is 24.1 Å². The Kier molecular flexibility index (Phi) is 5.53. The summed E-state index contributed by atoms with van der Waals surface area (Å²) in [5.41, 5.74) is 3.94. The van der Waals surface area contributed by atoms with Crippen LogP contribution in [0.15, 0.2) is 48.5 Å². The second-order valence-electron chi connectivity index (χ2n) is 7.90. The smallest absolute Gasteiger partial charge is 0.244 e. The summed E-state index contributed by atoms with van der Waals surface area (Å²) in [6.07, 6.45) is 2.46. The molecule has 2 amide bonds. The fourth-order valence-corrected chi connectivity index (χ4v) is 4.16. The molecule has 1 saturated heterocycles. The van der Waals surface area contributed by atoms with Crippen LogP contribution >= 0.6 is 0 Å². The third-order valence-electron chi connectivity index (χ3n) is 5.91. The van der Waals surface area contributed by atoms with E-state index in [1.54, 1.807) is 4.90 Å². The van der Waals surface area contributed by atoms with Crippen molar-refractivity contribution < 1.29 is 9.59 Å². The number of rotatable bonds is 5. The molecular formula is C23H28N4O2. The van der Waals surface area contributed by atoms with Crippen molar-refractivity contribution in [1.29, 1.82) is 0 Å². The van der Waals surface area contributed by atoms with Gasteiger partial charge in [-0.2, -0.15) is 0 Å². The van der Waals surface area contributed by atoms with Gasteiger partial charge in [-0.25, -0.2) is 0 Å². The molecule has 2 heterocycles. The fraction of sp³-hybridized carbons (Fsp3) is 0.391. The number of anilines is 3. The van der Waals surface area contributed by atoms with Crippen LogP contribution in [0.25, 0.3) is 0 Å². The molecule has 1 N–H and O–H groups in total. The third kappa shape index (κ3) is 3.98. The van der Waals surface area contributed by atoms with Crippen molar-refractivity contribution >= 4 is 28.9 Å². The van der Waals surface area contributed by atoms with Crippen molar-refractivity contribution in [1.82, 2.24) is 4.90 Å². The topological polar surface area (TPSA) is 55.9 Å². The number of fused-ring (bicyclic) bond motifs is 1. The first-order chi connectivity index (χ1) is 14.0. The summed E-state index contributed by atoms with van der Waals surface area (Å²) in [5.74, 6) is -0.222. The highest BCUT2D eigenvalue weighted by atomic mass is 16.2. The summed E-state index contributed by atoms with van der Waals surface area (Å²) in [7, 11) is 1.97. The summed E-state index contributed by atoms with van der Waals surface area (Å²) >= 11 is 0. The van der Waals surface area contributed by atoms with Gasteiger partial charge in [-0.15, -0.1) is 0 Å². The lowest BCUT2D eigenvalue weighted by atomic mass is 10.1. The van der Waals surface area contributed by atoms with E-state index in [2.05, 4.69) is 39.4 Å². The Morgan fingerprint density at radius 3 is 2.48 bits per heavy atom. The molecule has 4 rings (SSSR count). The number of para-hydroxylation sites is 3. The molecule has 29 heavy (non-hydrogen) atoms. The van der Waals surface area contributed by atoms with Gasteiger partial charge in [-0.05, 0) is 50.6 Å². The average Bonchev–Trinajstić information content (AvgIpc) is 3.27. The van der Waals surface area contributed by atoms with Crippen molar-refractivity contribution in [3.63, 3.8) is 0 Å². The summed E-state index contributed by atoms with van der Waals surface area (Å²) in [6, 6.07) is 15.6. The number of benzene rings is 2. The van der Waals surface area contributed by atoms with Gasteiger partial charge in [0.05, 0.1) is 17.4 Å². The highest BCUT2D eigenvalue weighted by molar-refractivity contribution is 6.11. The largest absolute Gasteiger partial charge is 0.371 e. The van der Waals surface area contributed by atoms with Gasteiger partial charge < -0.3 is 10.2 Å². The van der Waals surface area contributed by atoms with Crippen LogP contribution in [0.5, 0.6) is 0 Å². The molecule has 152 valence electrons. The summed E-state index contributed by atoms with van der Waals surface area (Å²) in [5, 5.41) is 2.84. The molecule has 6 heteroatoms. The quantitative estimate of drug-likeness (QED) is 0.850. The maximum atomic E-state index is 13.3. The Bertz CT molecular complexity index is 907. The SMILES string of the molecule is C[C@H](C(=O)N1CC(=O)Nc2ccccc21)N(C)Cc1ccccc1N1CCCC1. The van der Waals surface area contributed by atoms with Gasteiger partial charge in [-0.3, -0.25) is 19.4 Å². The zero-order valence-electron chi connectivity index (χ0n) is 17.1. The molecular weight excluding hydrogens is 364 g/mol. The molecule has 1 fully saturated rings. The van der Waals surface area contributed by atoms with E-state index < -0.39 is 0 Å².